The van der Waals surface area contributed by atoms with Crippen molar-refractivity contribution in [2.45, 2.75) is 51.5 Å². The largest absolute Gasteiger partial charge is 0.324 e. The topological polar surface area (TPSA) is 54.3 Å². The van der Waals surface area contributed by atoms with Gasteiger partial charge in [0.15, 0.2) is 0 Å². The molecule has 1 aliphatic heterocycles. The van der Waals surface area contributed by atoms with Crippen LogP contribution in [0.1, 0.15) is 39.0 Å². The number of amides is 2. The maximum atomic E-state index is 13.5. The van der Waals surface area contributed by atoms with Crippen molar-refractivity contribution in [3.05, 3.63) is 28.7 Å². The lowest BCUT2D eigenvalue weighted by atomic mass is 9.77. The summed E-state index contributed by atoms with van der Waals surface area (Å²) in [7, 11) is 0. The van der Waals surface area contributed by atoms with E-state index in [1.165, 1.54) is 4.57 Å². The Kier molecular flexibility index (Phi) is 4.36. The van der Waals surface area contributed by atoms with E-state index in [1.54, 1.807) is 23.2 Å². The van der Waals surface area contributed by atoms with E-state index in [2.05, 4.69) is 5.32 Å². The number of alkyl halides is 2. The van der Waals surface area contributed by atoms with Crippen LogP contribution in [0.3, 0.4) is 0 Å². The molecule has 1 aromatic heterocycles. The maximum absolute atomic E-state index is 13.5. The van der Waals surface area contributed by atoms with Gasteiger partial charge in [-0.25, -0.2) is 13.6 Å². The highest BCUT2D eigenvalue weighted by Crippen LogP contribution is 2.52. The van der Waals surface area contributed by atoms with E-state index in [1.807, 2.05) is 6.92 Å². The number of aromatic nitrogens is 1. The fraction of sp³-hybridized carbons (Fsp3) is 0.647. The molecule has 0 aromatic carbocycles. The summed E-state index contributed by atoms with van der Waals surface area (Å²) in [4.78, 5) is 26.1. The Balaban J connectivity index is 1.61. The molecule has 1 aromatic rings. The molecule has 1 spiro atoms. The van der Waals surface area contributed by atoms with Gasteiger partial charge in [-0.15, -0.1) is 0 Å². The number of rotatable bonds is 2. The van der Waals surface area contributed by atoms with Crippen molar-refractivity contribution in [3.8, 4) is 0 Å². The Morgan fingerprint density at radius 3 is 2.54 bits per heavy atom. The summed E-state index contributed by atoms with van der Waals surface area (Å²) in [6, 6.07) is 2.96. The quantitative estimate of drug-likeness (QED) is 0.899. The van der Waals surface area contributed by atoms with Gasteiger partial charge in [0.1, 0.15) is 5.69 Å². The molecular weight excluding hydrogens is 316 g/mol. The summed E-state index contributed by atoms with van der Waals surface area (Å²) in [5.74, 6) is -2.56. The van der Waals surface area contributed by atoms with Crippen LogP contribution >= 0.6 is 0 Å². The highest BCUT2D eigenvalue weighted by Gasteiger charge is 2.50. The Labute approximate surface area is 139 Å². The second-order valence-corrected chi connectivity index (χ2v) is 6.96. The lowest BCUT2D eigenvalue weighted by Gasteiger charge is -2.39. The summed E-state index contributed by atoms with van der Waals surface area (Å²) in [6.07, 6.45) is 3.31. The zero-order valence-electron chi connectivity index (χ0n) is 13.9. The molecule has 0 atom stereocenters. The highest BCUT2D eigenvalue weighted by molar-refractivity contribution is 5.89. The van der Waals surface area contributed by atoms with Gasteiger partial charge in [-0.05, 0) is 43.7 Å². The van der Waals surface area contributed by atoms with Crippen molar-refractivity contribution in [1.82, 2.24) is 9.47 Å². The summed E-state index contributed by atoms with van der Waals surface area (Å²) < 4.78 is 28.5. The molecule has 0 radical (unpaired) electrons. The van der Waals surface area contributed by atoms with Crippen LogP contribution in [0, 0.1) is 5.41 Å². The van der Waals surface area contributed by atoms with Gasteiger partial charge in [0.25, 0.3) is 5.56 Å². The molecule has 0 unspecified atom stereocenters. The molecule has 1 saturated carbocycles. The molecule has 2 fully saturated rings. The monoisotopic (exact) mass is 339 g/mol. The summed E-state index contributed by atoms with van der Waals surface area (Å²) >= 11 is 0. The summed E-state index contributed by atoms with van der Waals surface area (Å²) in [5.41, 5.74) is -0.309. The average Bonchev–Trinajstić information content (AvgIpc) is 2.85. The zero-order valence-corrected chi connectivity index (χ0v) is 13.9. The molecule has 1 saturated heterocycles. The van der Waals surface area contributed by atoms with Crippen molar-refractivity contribution < 1.29 is 13.6 Å². The van der Waals surface area contributed by atoms with Crippen molar-refractivity contribution in [2.24, 2.45) is 5.41 Å². The van der Waals surface area contributed by atoms with Crippen molar-refractivity contribution in [3.63, 3.8) is 0 Å². The number of carbonyl (C=O) groups is 1. The molecule has 1 N–H and O–H groups in total. The van der Waals surface area contributed by atoms with Gasteiger partial charge in [0, 0.05) is 38.7 Å². The van der Waals surface area contributed by atoms with E-state index in [-0.39, 0.29) is 35.5 Å². The SMILES string of the molecule is CCn1cccc(NC(=O)N2CCC3(CC2)CCC(F)(F)C3)c1=O. The number of likely N-dealkylation sites (tertiary alicyclic amines) is 1. The third-order valence-corrected chi connectivity index (χ3v) is 5.37. The van der Waals surface area contributed by atoms with E-state index < -0.39 is 5.92 Å². The Bertz CT molecular complexity index is 679. The number of piperidine rings is 1. The second-order valence-electron chi connectivity index (χ2n) is 6.96. The summed E-state index contributed by atoms with van der Waals surface area (Å²) in [5, 5.41) is 2.66. The molecular formula is C17H23F2N3O2. The first-order valence-corrected chi connectivity index (χ1v) is 8.47. The summed E-state index contributed by atoms with van der Waals surface area (Å²) in [6.45, 7) is 3.30. The van der Waals surface area contributed by atoms with Crippen LogP contribution in [-0.2, 0) is 6.54 Å². The smallest absolute Gasteiger partial charge is 0.321 e. The third kappa shape index (κ3) is 3.30. The van der Waals surface area contributed by atoms with Crippen molar-refractivity contribution in [1.29, 1.82) is 0 Å². The van der Waals surface area contributed by atoms with Crippen molar-refractivity contribution >= 4 is 11.7 Å². The number of carbonyl (C=O) groups excluding carboxylic acids is 1. The predicted octanol–water partition coefficient (Wildman–Crippen LogP) is 3.30. The van der Waals surface area contributed by atoms with E-state index >= 15 is 0 Å². The van der Waals surface area contributed by atoms with Crippen LogP contribution in [0.15, 0.2) is 23.1 Å². The molecule has 0 bridgehead atoms. The van der Waals surface area contributed by atoms with E-state index in [0.717, 1.165) is 0 Å². The van der Waals surface area contributed by atoms with Crippen LogP contribution in [0.4, 0.5) is 19.3 Å². The van der Waals surface area contributed by atoms with Gasteiger partial charge in [0.2, 0.25) is 5.92 Å². The number of urea groups is 1. The number of anilines is 1. The number of hydrogen-bond acceptors (Lipinski definition) is 2. The van der Waals surface area contributed by atoms with E-state index in [4.69, 9.17) is 0 Å². The first-order chi connectivity index (χ1) is 11.3. The van der Waals surface area contributed by atoms with Gasteiger partial charge in [-0.1, -0.05) is 0 Å². The maximum Gasteiger partial charge on any atom is 0.321 e. The number of halogens is 2. The van der Waals surface area contributed by atoms with Crippen LogP contribution in [-0.4, -0.2) is 34.5 Å². The van der Waals surface area contributed by atoms with Gasteiger partial charge in [0.05, 0.1) is 0 Å². The Hall–Kier alpha value is -1.92. The number of pyridine rings is 1. The molecule has 2 aliphatic rings. The fourth-order valence-electron chi connectivity index (χ4n) is 3.86. The van der Waals surface area contributed by atoms with Crippen LogP contribution in [0.5, 0.6) is 0 Å². The van der Waals surface area contributed by atoms with Gasteiger partial charge in [-0.2, -0.15) is 0 Å². The number of nitrogens with one attached hydrogen (secondary N) is 1. The molecule has 3 rings (SSSR count). The number of nitrogens with zero attached hydrogens (tertiary/aromatic N) is 2. The van der Waals surface area contributed by atoms with E-state index in [0.29, 0.717) is 38.9 Å². The third-order valence-electron chi connectivity index (χ3n) is 5.37. The molecule has 7 heteroatoms. The van der Waals surface area contributed by atoms with Gasteiger partial charge in [-0.3, -0.25) is 4.79 Å². The Morgan fingerprint density at radius 1 is 1.25 bits per heavy atom. The fourth-order valence-corrected chi connectivity index (χ4v) is 3.86. The Morgan fingerprint density at radius 2 is 1.96 bits per heavy atom. The van der Waals surface area contributed by atoms with Crippen molar-refractivity contribution in [2.75, 3.05) is 18.4 Å². The molecule has 2 amide bonds. The van der Waals surface area contributed by atoms with Crippen LogP contribution in [0.2, 0.25) is 0 Å². The van der Waals surface area contributed by atoms with E-state index in [9.17, 15) is 18.4 Å². The minimum Gasteiger partial charge on any atom is -0.324 e. The van der Waals surface area contributed by atoms with Gasteiger partial charge < -0.3 is 14.8 Å². The molecule has 5 nitrogen and oxygen atoms in total. The second kappa shape index (κ2) is 6.18. The normalized spacial score (nSPS) is 21.9. The number of hydrogen-bond donors (Lipinski definition) is 1. The van der Waals surface area contributed by atoms with Crippen LogP contribution < -0.4 is 10.9 Å². The molecule has 1 aliphatic carbocycles. The lowest BCUT2D eigenvalue weighted by Crippen LogP contribution is -2.45. The minimum atomic E-state index is -2.56. The van der Waals surface area contributed by atoms with Crippen LogP contribution in [0.25, 0.3) is 0 Å². The standard InChI is InChI=1S/C17H23F2N3O2/c1-2-21-9-3-4-13(14(21)23)20-15(24)22-10-7-16(8-11-22)5-6-17(18,19)12-16/h3-4,9H,2,5-8,10-12H2,1H3,(H,20,24). The zero-order chi connectivity index (χ0) is 17.4. The average molecular weight is 339 g/mol. The molecule has 132 valence electrons. The number of aryl methyl sites for hydroxylation is 1. The minimum absolute atomic E-state index is 0.0419. The van der Waals surface area contributed by atoms with Gasteiger partial charge >= 0.3 is 6.03 Å². The molecule has 2 heterocycles. The highest BCUT2D eigenvalue weighted by atomic mass is 19.3. The predicted molar refractivity (Wildman–Crippen MR) is 87.4 cm³/mol. The first-order valence-electron chi connectivity index (χ1n) is 8.47. The first kappa shape index (κ1) is 16.9. The molecule has 24 heavy (non-hydrogen) atoms. The lowest BCUT2D eigenvalue weighted by molar-refractivity contribution is -0.0110.